The lowest BCUT2D eigenvalue weighted by atomic mass is 9.45. The molecule has 3 saturated carbocycles. The number of ketones is 2. The van der Waals surface area contributed by atoms with Gasteiger partial charge in [-0.2, -0.15) is 0 Å². The standard InChI is InChI=1S/C24H34O4/c1-13-10-17-18(23(4)8-6-16(27)11-19(13)23)7-9-24(5)20(17)12-21(28-15(3)26)22(24)14(2)25/h11,13,17-18,20-22H,6-10,12H2,1-5H3. The minimum atomic E-state index is -0.282. The molecule has 4 nitrogen and oxygen atoms in total. The second-order valence-electron chi connectivity index (χ2n) is 10.5. The highest BCUT2D eigenvalue weighted by atomic mass is 16.5. The first-order chi connectivity index (χ1) is 13.1. The van der Waals surface area contributed by atoms with Gasteiger partial charge in [-0.1, -0.05) is 26.3 Å². The van der Waals surface area contributed by atoms with Crippen LogP contribution < -0.4 is 0 Å². The lowest BCUT2D eigenvalue weighted by molar-refractivity contribution is -0.151. The first-order valence-corrected chi connectivity index (χ1v) is 11.0. The van der Waals surface area contributed by atoms with E-state index in [1.807, 2.05) is 6.08 Å². The zero-order valence-corrected chi connectivity index (χ0v) is 17.9. The van der Waals surface area contributed by atoms with Gasteiger partial charge >= 0.3 is 5.97 Å². The van der Waals surface area contributed by atoms with Gasteiger partial charge in [-0.15, -0.1) is 0 Å². The van der Waals surface area contributed by atoms with Crippen LogP contribution in [0.4, 0.5) is 0 Å². The Hall–Kier alpha value is -1.45. The fourth-order valence-corrected chi connectivity index (χ4v) is 8.03. The lowest BCUT2D eigenvalue weighted by Gasteiger charge is -2.59. The topological polar surface area (TPSA) is 60.4 Å². The molecule has 4 heteroatoms. The van der Waals surface area contributed by atoms with Crippen molar-refractivity contribution in [3.63, 3.8) is 0 Å². The highest BCUT2D eigenvalue weighted by Crippen LogP contribution is 2.67. The van der Waals surface area contributed by atoms with E-state index < -0.39 is 0 Å². The van der Waals surface area contributed by atoms with Gasteiger partial charge in [0.05, 0.1) is 5.92 Å². The van der Waals surface area contributed by atoms with Gasteiger partial charge in [-0.3, -0.25) is 14.4 Å². The summed E-state index contributed by atoms with van der Waals surface area (Å²) in [7, 11) is 0. The van der Waals surface area contributed by atoms with Gasteiger partial charge in [0.1, 0.15) is 11.9 Å². The summed E-state index contributed by atoms with van der Waals surface area (Å²) in [5, 5.41) is 0. The van der Waals surface area contributed by atoms with Crippen molar-refractivity contribution in [2.24, 2.45) is 40.4 Å². The summed E-state index contributed by atoms with van der Waals surface area (Å²) >= 11 is 0. The van der Waals surface area contributed by atoms with Gasteiger partial charge in [-0.05, 0) is 79.6 Å². The number of allylic oxidation sites excluding steroid dienone is 1. The van der Waals surface area contributed by atoms with Crippen LogP contribution in [0.15, 0.2) is 11.6 Å². The molecular weight excluding hydrogens is 352 g/mol. The fraction of sp³-hybridized carbons (Fsp3) is 0.792. The van der Waals surface area contributed by atoms with Crippen molar-refractivity contribution < 1.29 is 19.1 Å². The minimum Gasteiger partial charge on any atom is -0.462 e. The molecule has 0 spiro atoms. The average Bonchev–Trinajstić information content (AvgIpc) is 2.88. The van der Waals surface area contributed by atoms with Crippen molar-refractivity contribution in [1.29, 1.82) is 0 Å². The van der Waals surface area contributed by atoms with Gasteiger partial charge in [0, 0.05) is 13.3 Å². The van der Waals surface area contributed by atoms with Crippen LogP contribution in [-0.2, 0) is 19.1 Å². The van der Waals surface area contributed by atoms with E-state index in [9.17, 15) is 14.4 Å². The zero-order chi connectivity index (χ0) is 20.4. The molecule has 0 aromatic rings. The largest absolute Gasteiger partial charge is 0.462 e. The Labute approximate surface area is 168 Å². The Morgan fingerprint density at radius 3 is 2.46 bits per heavy atom. The van der Waals surface area contributed by atoms with E-state index in [4.69, 9.17) is 4.74 Å². The number of hydrogen-bond acceptors (Lipinski definition) is 4. The second kappa shape index (κ2) is 6.53. The van der Waals surface area contributed by atoms with Gasteiger partial charge in [0.15, 0.2) is 5.78 Å². The van der Waals surface area contributed by atoms with Crippen LogP contribution in [0.3, 0.4) is 0 Å². The smallest absolute Gasteiger partial charge is 0.302 e. The van der Waals surface area contributed by atoms with Gasteiger partial charge < -0.3 is 4.74 Å². The summed E-state index contributed by atoms with van der Waals surface area (Å²) in [6, 6.07) is 0. The molecule has 0 aromatic heterocycles. The molecule has 8 unspecified atom stereocenters. The summed E-state index contributed by atoms with van der Waals surface area (Å²) < 4.78 is 5.68. The second-order valence-corrected chi connectivity index (χ2v) is 10.5. The molecule has 0 heterocycles. The Morgan fingerprint density at radius 2 is 1.82 bits per heavy atom. The van der Waals surface area contributed by atoms with Crippen LogP contribution >= 0.6 is 0 Å². The predicted molar refractivity (Wildman–Crippen MR) is 106 cm³/mol. The number of rotatable bonds is 2. The molecule has 3 fully saturated rings. The molecular formula is C24H34O4. The third-order valence-electron chi connectivity index (χ3n) is 9.04. The molecule has 0 radical (unpaired) electrons. The highest BCUT2D eigenvalue weighted by Gasteiger charge is 2.63. The molecule has 8 atom stereocenters. The normalized spacial score (nSPS) is 47.5. The summed E-state index contributed by atoms with van der Waals surface area (Å²) in [6.07, 6.45) is 7.28. The van der Waals surface area contributed by atoms with E-state index in [0.717, 1.165) is 32.1 Å². The number of Topliss-reactive ketones (excluding diaryl/α,β-unsaturated/α-hetero) is 1. The van der Waals surface area contributed by atoms with Crippen LogP contribution in [0, 0.1) is 40.4 Å². The molecule has 0 amide bonds. The number of esters is 1. The maximum Gasteiger partial charge on any atom is 0.302 e. The predicted octanol–water partition coefficient (Wildman–Crippen LogP) is 4.51. The third-order valence-corrected chi connectivity index (χ3v) is 9.04. The molecule has 0 aliphatic heterocycles. The quantitative estimate of drug-likeness (QED) is 0.655. The van der Waals surface area contributed by atoms with Crippen molar-refractivity contribution in [3.8, 4) is 0 Å². The number of carbonyl (C=O) groups is 3. The summed E-state index contributed by atoms with van der Waals surface area (Å²) in [5.74, 6) is 1.88. The molecule has 0 aromatic carbocycles. The Balaban J connectivity index is 1.71. The molecule has 154 valence electrons. The van der Waals surface area contributed by atoms with Crippen molar-refractivity contribution in [2.45, 2.75) is 79.2 Å². The van der Waals surface area contributed by atoms with E-state index in [0.29, 0.717) is 30.1 Å². The van der Waals surface area contributed by atoms with E-state index >= 15 is 0 Å². The van der Waals surface area contributed by atoms with E-state index in [1.54, 1.807) is 6.92 Å². The van der Waals surface area contributed by atoms with Crippen LogP contribution in [0.5, 0.6) is 0 Å². The van der Waals surface area contributed by atoms with E-state index in [1.165, 1.54) is 12.5 Å². The molecule has 4 aliphatic rings. The van der Waals surface area contributed by atoms with Crippen LogP contribution in [0.1, 0.15) is 73.1 Å². The molecule has 28 heavy (non-hydrogen) atoms. The maximum absolute atomic E-state index is 12.6. The number of carbonyl (C=O) groups excluding carboxylic acids is 3. The molecule has 4 aliphatic carbocycles. The number of hydrogen-bond donors (Lipinski definition) is 0. The Kier molecular flexibility index (Phi) is 4.63. The van der Waals surface area contributed by atoms with Crippen molar-refractivity contribution in [1.82, 2.24) is 0 Å². The van der Waals surface area contributed by atoms with Gasteiger partial charge in [0.2, 0.25) is 0 Å². The first kappa shape index (κ1) is 19.8. The molecule has 4 rings (SSSR count). The first-order valence-electron chi connectivity index (χ1n) is 11.0. The monoisotopic (exact) mass is 386 g/mol. The van der Waals surface area contributed by atoms with Crippen LogP contribution in [-0.4, -0.2) is 23.6 Å². The highest BCUT2D eigenvalue weighted by molar-refractivity contribution is 5.91. The summed E-state index contributed by atoms with van der Waals surface area (Å²) in [6.45, 7) is 10.0. The molecule has 0 bridgehead atoms. The van der Waals surface area contributed by atoms with E-state index in [-0.39, 0.29) is 40.4 Å². The molecule has 0 N–H and O–H groups in total. The maximum atomic E-state index is 12.6. The average molecular weight is 387 g/mol. The number of fused-ring (bicyclic) bond motifs is 5. The lowest BCUT2D eigenvalue weighted by Crippen LogP contribution is -2.52. The van der Waals surface area contributed by atoms with Crippen molar-refractivity contribution in [3.05, 3.63) is 11.6 Å². The Bertz CT molecular complexity index is 752. The Morgan fingerprint density at radius 1 is 1.11 bits per heavy atom. The minimum absolute atomic E-state index is 0.0884. The fourth-order valence-electron chi connectivity index (χ4n) is 8.03. The van der Waals surface area contributed by atoms with E-state index in [2.05, 4.69) is 20.8 Å². The summed E-state index contributed by atoms with van der Waals surface area (Å²) in [5.41, 5.74) is 1.38. The molecule has 0 saturated heterocycles. The SMILES string of the molecule is CC(=O)OC1CC2C3CC(C)C4=CC(=O)CCC4(C)C3CCC2(C)C1C(C)=O. The van der Waals surface area contributed by atoms with Crippen molar-refractivity contribution >= 4 is 17.5 Å². The van der Waals surface area contributed by atoms with Gasteiger partial charge in [-0.25, -0.2) is 0 Å². The third kappa shape index (κ3) is 2.74. The summed E-state index contributed by atoms with van der Waals surface area (Å²) in [4.78, 5) is 36.4. The zero-order valence-electron chi connectivity index (χ0n) is 17.9. The number of ether oxygens (including phenoxy) is 1. The van der Waals surface area contributed by atoms with Crippen molar-refractivity contribution in [2.75, 3.05) is 0 Å². The van der Waals surface area contributed by atoms with Crippen LogP contribution in [0.25, 0.3) is 0 Å². The van der Waals surface area contributed by atoms with Crippen LogP contribution in [0.2, 0.25) is 0 Å². The van der Waals surface area contributed by atoms with Gasteiger partial charge in [0.25, 0.3) is 0 Å².